The first-order valence-corrected chi connectivity index (χ1v) is 44.0. The van der Waals surface area contributed by atoms with Crippen LogP contribution in [0.25, 0.3) is 11.1 Å². The highest BCUT2D eigenvalue weighted by molar-refractivity contribution is 6.32. The number of nitrogens with two attached hydrogens (primary N) is 1. The van der Waals surface area contributed by atoms with Crippen molar-refractivity contribution in [2.75, 3.05) is 54.1 Å². The van der Waals surface area contributed by atoms with E-state index in [-0.39, 0.29) is 122 Å². The number of benzene rings is 6. The van der Waals surface area contributed by atoms with Crippen molar-refractivity contribution in [2.24, 2.45) is 35.3 Å². The summed E-state index contributed by atoms with van der Waals surface area (Å²) in [7, 11) is 4.88. The van der Waals surface area contributed by atoms with Crippen molar-refractivity contribution in [1.29, 1.82) is 0 Å². The average molecular weight is 1840 g/mol. The normalized spacial score (nSPS) is 30.3. The Labute approximate surface area is 756 Å². The molecule has 4 saturated carbocycles. The number of aliphatic hydroxyl groups excluding tert-OH is 6. The third kappa shape index (κ3) is 19.4. The number of nitrogens with one attached hydrogen (secondary N) is 11. The molecule has 6 aromatic carbocycles. The molecule has 18 rings (SSSR count). The van der Waals surface area contributed by atoms with Crippen LogP contribution in [0.1, 0.15) is 159 Å². The number of rotatable bonds is 23. The Bertz CT molecular complexity index is 5330. The number of aliphatic hydroxyl groups is 8. The fourth-order valence-corrected chi connectivity index (χ4v) is 19.8. The van der Waals surface area contributed by atoms with E-state index in [4.69, 9.17) is 66.8 Å². The number of imide groups is 1. The highest BCUT2D eigenvalue weighted by Gasteiger charge is 2.54. The summed E-state index contributed by atoms with van der Waals surface area (Å²) in [5, 5.41) is 137. The minimum absolute atomic E-state index is 0.0603. The molecule has 0 unspecified atom stereocenters. The minimum Gasteiger partial charge on any atom is -0.508 e. The Balaban J connectivity index is 0.920. The fraction of sp³-hybridized carbons (Fsp3) is 0.500. The number of hydrogen-bond donors (Lipinski definition) is 21. The summed E-state index contributed by atoms with van der Waals surface area (Å²) < 4.78 is 51.2. The van der Waals surface area contributed by atoms with Gasteiger partial charge in [-0.05, 0) is 215 Å². The molecule has 0 aromatic heterocycles. The molecule has 15 bridgehead atoms. The predicted molar refractivity (Wildman–Crippen MR) is 461 cm³/mol. The first kappa shape index (κ1) is 94.2. The molecular formula is C90H108Cl2N12O26. The molecule has 6 aromatic rings. The molecule has 40 heteroatoms. The van der Waals surface area contributed by atoms with Crippen LogP contribution in [0.3, 0.4) is 0 Å². The minimum atomic E-state index is -3.01. The second-order valence-corrected chi connectivity index (χ2v) is 36.4. The van der Waals surface area contributed by atoms with Gasteiger partial charge in [0.05, 0.1) is 41.3 Å². The maximum atomic E-state index is 16.8. The van der Waals surface area contributed by atoms with Crippen molar-refractivity contribution in [3.8, 4) is 57.1 Å². The summed E-state index contributed by atoms with van der Waals surface area (Å²) in [5.74, 6) is -16.0. The molecule has 2 saturated heterocycles. The van der Waals surface area contributed by atoms with Crippen molar-refractivity contribution in [1.82, 2.24) is 58.5 Å². The third-order valence-electron chi connectivity index (χ3n) is 25.8. The predicted octanol–water partition coefficient (Wildman–Crippen LogP) is 1.72. The SMILES string of the molecule is CNCCOc1ccc(C(=O)NC(=O)C[C@@H]2NC(=O)[C@H](NC(=O)[C@@H](CC(C)C)NC)[C@H](O)c3ccc(c(Cl)c3)Oc3cc4cc(c3O[C@@H]3O[C@H](CO)[C@@H](O)[C@H](O)[C@H]3O[C@H]3C[C@](C)(N)[C@H](O)[C@H](C)O3)Oc3ccc(cc3Cl)[C@@H](O)[C@@H]3NC(=O)[C@H](NC(=O)[C@@H]4NC2=O)c2ccc4c(c2)-c2c(cc(O)cc2C4(O)O)[C@@H](C(=O)NC2C4CC5CC(C4)CC2C5)NC3=O)cc1OCCNC. The van der Waals surface area contributed by atoms with E-state index in [2.05, 4.69) is 58.5 Å². The third-order valence-corrected chi connectivity index (χ3v) is 26.4. The summed E-state index contributed by atoms with van der Waals surface area (Å²) in [6.45, 7) is 6.69. The Morgan fingerprint density at radius 3 is 1.88 bits per heavy atom. The summed E-state index contributed by atoms with van der Waals surface area (Å²) in [4.78, 5) is 141. The van der Waals surface area contributed by atoms with E-state index < -0.39 is 220 Å². The topological polar surface area (TPSA) is 568 Å². The largest absolute Gasteiger partial charge is 0.508 e. The molecule has 5 aliphatic carbocycles. The van der Waals surface area contributed by atoms with Crippen LogP contribution in [0.2, 0.25) is 10.0 Å². The zero-order valence-electron chi connectivity index (χ0n) is 72.0. The number of aromatic hydroxyl groups is 1. The number of likely N-dealkylation sites (N-methyl/N-ethyl adjacent to an activating group) is 3. The molecular weight excluding hydrogens is 1740 g/mol. The maximum absolute atomic E-state index is 16.8. The van der Waals surface area contributed by atoms with Crippen LogP contribution in [-0.2, 0) is 58.4 Å². The Hall–Kier alpha value is -10.5. The van der Waals surface area contributed by atoms with Crippen LogP contribution in [0.4, 0.5) is 0 Å². The van der Waals surface area contributed by atoms with Crippen molar-refractivity contribution < 1.29 is 127 Å². The first-order chi connectivity index (χ1) is 61.9. The molecule has 130 heavy (non-hydrogen) atoms. The van der Waals surface area contributed by atoms with Gasteiger partial charge in [0.2, 0.25) is 65.1 Å². The van der Waals surface area contributed by atoms with E-state index in [1.807, 2.05) is 13.8 Å². The summed E-state index contributed by atoms with van der Waals surface area (Å²) >= 11 is 14.6. The van der Waals surface area contributed by atoms with Gasteiger partial charge in [-0.1, -0.05) is 61.3 Å². The van der Waals surface area contributed by atoms with Gasteiger partial charge in [0.15, 0.2) is 35.4 Å². The number of phenols is 1. The lowest BCUT2D eigenvalue weighted by Gasteiger charge is -2.54. The summed E-state index contributed by atoms with van der Waals surface area (Å²) in [6, 6.07) is 4.46. The van der Waals surface area contributed by atoms with Gasteiger partial charge in [-0.15, -0.1) is 0 Å². The number of hydrogen-bond acceptors (Lipinski definition) is 30. The molecule has 12 aliphatic rings. The summed E-state index contributed by atoms with van der Waals surface area (Å²) in [6.07, 6.45) is -14.7. The Morgan fingerprint density at radius 2 is 1.26 bits per heavy atom. The molecule has 7 aliphatic heterocycles. The molecule has 6 fully saturated rings. The summed E-state index contributed by atoms with van der Waals surface area (Å²) in [5.41, 5.74) is 2.75. The van der Waals surface area contributed by atoms with Gasteiger partial charge in [-0.3, -0.25) is 48.5 Å². The highest BCUT2D eigenvalue weighted by atomic mass is 35.5. The fourth-order valence-electron chi connectivity index (χ4n) is 19.3. The van der Waals surface area contributed by atoms with Crippen molar-refractivity contribution in [2.45, 2.75) is 200 Å². The zero-order valence-corrected chi connectivity index (χ0v) is 73.5. The molecule has 698 valence electrons. The van der Waals surface area contributed by atoms with Gasteiger partial charge in [0.25, 0.3) is 5.91 Å². The monoisotopic (exact) mass is 1840 g/mol. The lowest BCUT2D eigenvalue weighted by atomic mass is 9.54. The molecule has 18 atom stereocenters. The van der Waals surface area contributed by atoms with Crippen molar-refractivity contribution >= 4 is 76.4 Å². The van der Waals surface area contributed by atoms with Gasteiger partial charge in [-0.2, -0.15) is 0 Å². The Kier molecular flexibility index (Phi) is 28.1. The molecule has 7 heterocycles. The first-order valence-electron chi connectivity index (χ1n) is 43.3. The van der Waals surface area contributed by atoms with Crippen molar-refractivity contribution in [3.63, 3.8) is 0 Å². The number of ether oxygens (including phenoxy) is 8. The smallest absolute Gasteiger partial charge is 0.257 e. The van der Waals surface area contributed by atoms with E-state index in [1.165, 1.54) is 81.6 Å². The van der Waals surface area contributed by atoms with Gasteiger partial charge < -0.3 is 143 Å². The van der Waals surface area contributed by atoms with Crippen LogP contribution in [0.15, 0.2) is 97.1 Å². The zero-order chi connectivity index (χ0) is 93.0. The molecule has 9 amide bonds. The van der Waals surface area contributed by atoms with Crippen molar-refractivity contribution in [3.05, 3.63) is 152 Å². The van der Waals surface area contributed by atoms with Crippen LogP contribution >= 0.6 is 23.2 Å². The van der Waals surface area contributed by atoms with Crippen LogP contribution in [-0.4, -0.2) is 238 Å². The van der Waals surface area contributed by atoms with Gasteiger partial charge in [-0.25, -0.2) is 0 Å². The number of carbonyl (C=O) groups is 9. The molecule has 38 nitrogen and oxygen atoms in total. The van der Waals surface area contributed by atoms with Gasteiger partial charge in [0, 0.05) is 47.8 Å². The van der Waals surface area contributed by atoms with E-state index in [9.17, 15) is 60.3 Å². The average Bonchev–Trinajstić information content (AvgIpc) is 1.54. The Morgan fingerprint density at radius 1 is 0.646 bits per heavy atom. The van der Waals surface area contributed by atoms with Gasteiger partial charge >= 0.3 is 0 Å². The molecule has 0 spiro atoms. The highest BCUT2D eigenvalue weighted by Crippen LogP contribution is 2.56. The van der Waals surface area contributed by atoms with Crippen LogP contribution in [0.5, 0.6) is 46.0 Å². The van der Waals surface area contributed by atoms with E-state index >= 15 is 28.8 Å². The number of fused-ring (bicyclic) bond motifs is 12. The molecule has 22 N–H and O–H groups in total. The van der Waals surface area contributed by atoms with Gasteiger partial charge in [0.1, 0.15) is 97.2 Å². The quantitative estimate of drug-likeness (QED) is 0.0321. The van der Waals surface area contributed by atoms with E-state index in [1.54, 1.807) is 14.1 Å². The number of halogens is 2. The lowest BCUT2D eigenvalue weighted by molar-refractivity contribution is -0.333. The lowest BCUT2D eigenvalue weighted by Crippen LogP contribution is -2.64. The number of phenolic OH excluding ortho intramolecular Hbond substituents is 1. The number of carbonyl (C=O) groups excluding carboxylic acids is 9. The second kappa shape index (κ2) is 38.8. The molecule has 0 radical (unpaired) electrons. The second-order valence-electron chi connectivity index (χ2n) is 35.5. The van der Waals surface area contributed by atoms with Crippen LogP contribution in [0, 0.1) is 29.6 Å². The van der Waals surface area contributed by atoms with E-state index in [0.717, 1.165) is 68.5 Å². The standard InChI is InChI=1S/C90H108Cl2N12O26/c1-37(2)20-55(96-7)81(114)103-71-73(108)42-9-13-57(53(91)27-42)126-61-30-47-31-62(77(61)130-88-78(76(111)75(110)63(36-105)128-88)129-65-35-89(4,93)79(112)38(3)125-65)127-58-14-10-43(28-54(58)92)74(109)72-87(120)102-70(85(118)99-67-45-22-39-21-40(24-45)25-46(67)23-39)50-32-48(106)33-52-66(50)49-26-41(8-12-51(49)90(52,121)122)68(83(116)104-72)101-84(117)69(47)100-82(115)56(97-86(71)119)34-64(107)98-80(113)44-11-15-59(123-18-16-94-5)60(29-44)124-19-17-95-6/h8-15,26-33,37-40,45-46,55-56,63,65,67-76,78-79,88,94-96,105-106,108-112,121-122H,16-25,34-36,93H2,1-7H3,(H,97,119)(H,99,118)(H,100,115)(H,101,117)(H,102,120)(H,103,114)(H,104,116)(H,98,107,113)/t38-,39?,40?,45?,46?,55+,56-,63+,65-,67?,68+,69+,70-,71+,72-,73+,74+,75+,76-,78+,79+,88-,89-/m0/s1. The van der Waals surface area contributed by atoms with Crippen LogP contribution < -0.4 is 87.9 Å². The maximum Gasteiger partial charge on any atom is 0.257 e. The number of amides is 9. The van der Waals surface area contributed by atoms with E-state index in [0.29, 0.717) is 24.9 Å².